The number of aromatic nitrogens is 6. The van der Waals surface area contributed by atoms with Gasteiger partial charge in [0.15, 0.2) is 12.4 Å². The molecule has 3 aromatic rings. The van der Waals surface area contributed by atoms with Crippen molar-refractivity contribution in [2.24, 2.45) is 0 Å². The Morgan fingerprint density at radius 1 is 1.31 bits per heavy atom. The van der Waals surface area contributed by atoms with Gasteiger partial charge in [-0.1, -0.05) is 18.5 Å². The van der Waals surface area contributed by atoms with Crippen molar-refractivity contribution in [3.8, 4) is 5.69 Å². The van der Waals surface area contributed by atoms with E-state index in [1.54, 1.807) is 11.6 Å². The van der Waals surface area contributed by atoms with Crippen LogP contribution in [0.15, 0.2) is 24.3 Å². The van der Waals surface area contributed by atoms with Crippen LogP contribution in [-0.4, -0.2) is 36.0 Å². The maximum Gasteiger partial charge on any atom is 0.343 e. The summed E-state index contributed by atoms with van der Waals surface area (Å²) in [6, 6.07) is 5.60. The molecule has 2 aromatic heterocycles. The molecule has 10 heteroatoms. The van der Waals surface area contributed by atoms with Gasteiger partial charge < -0.3 is 4.74 Å². The minimum Gasteiger partial charge on any atom is -0.454 e. The van der Waals surface area contributed by atoms with Crippen molar-refractivity contribution in [3.63, 3.8) is 0 Å². The summed E-state index contributed by atoms with van der Waals surface area (Å²) in [7, 11) is 0. The number of hydrogen-bond acceptors (Lipinski definition) is 6. The largest absolute Gasteiger partial charge is 0.454 e. The Balaban J connectivity index is 1.79. The molecule has 0 aliphatic rings. The lowest BCUT2D eigenvalue weighted by Crippen LogP contribution is -2.11. The molecule has 0 amide bonds. The van der Waals surface area contributed by atoms with Crippen LogP contribution in [0.4, 0.5) is 4.39 Å². The van der Waals surface area contributed by atoms with Crippen LogP contribution < -0.4 is 0 Å². The standard InChI is InChI=1S/C16H16ClFN6O2/c1-3-8-23-13(19-21-22-23)9-26-16(25)14-10(2)20-24(15(14)17)12-6-4-11(18)5-7-12/h4-7H,3,8-9H2,1-2H3. The summed E-state index contributed by atoms with van der Waals surface area (Å²) in [6.07, 6.45) is 0.849. The molecule has 136 valence electrons. The Morgan fingerprint density at radius 2 is 2.04 bits per heavy atom. The number of aryl methyl sites for hydroxylation is 2. The third kappa shape index (κ3) is 3.57. The fraction of sp³-hybridized carbons (Fsp3) is 0.312. The molecular weight excluding hydrogens is 363 g/mol. The number of halogens is 2. The Labute approximate surface area is 153 Å². The topological polar surface area (TPSA) is 87.7 Å². The van der Waals surface area contributed by atoms with Crippen LogP contribution in [0.1, 0.15) is 35.2 Å². The predicted octanol–water partition coefficient (Wildman–Crippen LogP) is 2.73. The highest BCUT2D eigenvalue weighted by atomic mass is 35.5. The first kappa shape index (κ1) is 18.0. The zero-order valence-corrected chi connectivity index (χ0v) is 14.9. The van der Waals surface area contributed by atoms with Gasteiger partial charge in [-0.15, -0.1) is 5.10 Å². The first-order valence-electron chi connectivity index (χ1n) is 7.94. The fourth-order valence-corrected chi connectivity index (χ4v) is 2.75. The van der Waals surface area contributed by atoms with Crippen molar-refractivity contribution < 1.29 is 13.9 Å². The number of tetrazole rings is 1. The number of carbonyl (C=O) groups is 1. The maximum atomic E-state index is 13.1. The first-order valence-corrected chi connectivity index (χ1v) is 8.32. The molecule has 26 heavy (non-hydrogen) atoms. The Morgan fingerprint density at radius 3 is 2.73 bits per heavy atom. The summed E-state index contributed by atoms with van der Waals surface area (Å²) in [5, 5.41) is 15.6. The molecule has 1 aromatic carbocycles. The van der Waals surface area contributed by atoms with Crippen LogP contribution in [0.2, 0.25) is 5.15 Å². The van der Waals surface area contributed by atoms with Gasteiger partial charge in [0.1, 0.15) is 16.5 Å². The van der Waals surface area contributed by atoms with Crippen LogP contribution in [0.25, 0.3) is 5.69 Å². The number of esters is 1. The van der Waals surface area contributed by atoms with E-state index in [0.717, 1.165) is 6.42 Å². The van der Waals surface area contributed by atoms with Gasteiger partial charge in [0.05, 0.1) is 11.4 Å². The monoisotopic (exact) mass is 378 g/mol. The SMILES string of the molecule is CCCn1nnnc1COC(=O)c1c(C)nn(-c2ccc(F)cc2)c1Cl. The highest BCUT2D eigenvalue weighted by molar-refractivity contribution is 6.33. The van der Waals surface area contributed by atoms with Gasteiger partial charge in [0, 0.05) is 6.54 Å². The molecular formula is C16H16ClFN6O2. The van der Waals surface area contributed by atoms with E-state index >= 15 is 0 Å². The molecule has 0 saturated heterocycles. The minimum atomic E-state index is -0.632. The Hall–Kier alpha value is -2.81. The molecule has 0 atom stereocenters. The van der Waals surface area contributed by atoms with Crippen molar-refractivity contribution in [1.29, 1.82) is 0 Å². The molecule has 0 aliphatic heterocycles. The molecule has 0 radical (unpaired) electrons. The van der Waals surface area contributed by atoms with Crippen molar-refractivity contribution in [2.75, 3.05) is 0 Å². The third-order valence-electron chi connectivity index (χ3n) is 3.65. The molecule has 8 nitrogen and oxygen atoms in total. The second-order valence-electron chi connectivity index (χ2n) is 5.53. The second-order valence-corrected chi connectivity index (χ2v) is 5.89. The van der Waals surface area contributed by atoms with E-state index in [4.69, 9.17) is 16.3 Å². The van der Waals surface area contributed by atoms with Crippen molar-refractivity contribution in [2.45, 2.75) is 33.4 Å². The number of benzene rings is 1. The normalized spacial score (nSPS) is 10.9. The first-order chi connectivity index (χ1) is 12.5. The Kier molecular flexibility index (Phi) is 5.27. The molecule has 2 heterocycles. The summed E-state index contributed by atoms with van der Waals surface area (Å²) in [5.41, 5.74) is 1.08. The third-order valence-corrected chi connectivity index (χ3v) is 4.00. The molecule has 3 rings (SSSR count). The number of nitrogens with zero attached hydrogens (tertiary/aromatic N) is 6. The van der Waals surface area contributed by atoms with Gasteiger partial charge in [-0.3, -0.25) is 0 Å². The molecule has 0 fully saturated rings. The molecule has 0 spiro atoms. The Bertz CT molecular complexity index is 921. The van der Waals surface area contributed by atoms with Crippen LogP contribution >= 0.6 is 11.6 Å². The number of rotatable bonds is 6. The van der Waals surface area contributed by atoms with E-state index in [1.165, 1.54) is 28.9 Å². The van der Waals surface area contributed by atoms with Gasteiger partial charge >= 0.3 is 5.97 Å². The lowest BCUT2D eigenvalue weighted by Gasteiger charge is -2.06. The lowest BCUT2D eigenvalue weighted by atomic mass is 10.2. The van der Waals surface area contributed by atoms with E-state index in [0.29, 0.717) is 23.8 Å². The minimum absolute atomic E-state index is 0.0800. The average Bonchev–Trinajstić information content (AvgIpc) is 3.18. The fourth-order valence-electron chi connectivity index (χ4n) is 2.40. The molecule has 0 N–H and O–H groups in total. The number of ether oxygens (including phenoxy) is 1. The molecule has 0 bridgehead atoms. The predicted molar refractivity (Wildman–Crippen MR) is 90.5 cm³/mol. The van der Waals surface area contributed by atoms with E-state index in [-0.39, 0.29) is 23.1 Å². The van der Waals surface area contributed by atoms with Gasteiger partial charge in [0.2, 0.25) is 0 Å². The van der Waals surface area contributed by atoms with E-state index in [9.17, 15) is 9.18 Å². The number of carbonyl (C=O) groups excluding carboxylic acids is 1. The van der Waals surface area contributed by atoms with Crippen LogP contribution in [0, 0.1) is 12.7 Å². The molecule has 0 aliphatic carbocycles. The highest BCUT2D eigenvalue weighted by Gasteiger charge is 2.23. The molecule has 0 unspecified atom stereocenters. The van der Waals surface area contributed by atoms with Crippen molar-refractivity contribution in [3.05, 3.63) is 52.3 Å². The van der Waals surface area contributed by atoms with Gasteiger partial charge in [-0.25, -0.2) is 18.5 Å². The van der Waals surface area contributed by atoms with Crippen LogP contribution in [-0.2, 0) is 17.9 Å². The average molecular weight is 379 g/mol. The summed E-state index contributed by atoms with van der Waals surface area (Å²) < 4.78 is 21.3. The summed E-state index contributed by atoms with van der Waals surface area (Å²) >= 11 is 6.30. The van der Waals surface area contributed by atoms with E-state index in [1.807, 2.05) is 6.92 Å². The smallest absolute Gasteiger partial charge is 0.343 e. The molecule has 0 saturated carbocycles. The zero-order chi connectivity index (χ0) is 18.7. The van der Waals surface area contributed by atoms with Crippen molar-refractivity contribution >= 4 is 17.6 Å². The van der Waals surface area contributed by atoms with Crippen molar-refractivity contribution in [1.82, 2.24) is 30.0 Å². The van der Waals surface area contributed by atoms with Crippen LogP contribution in [0.5, 0.6) is 0 Å². The van der Waals surface area contributed by atoms with Gasteiger partial charge in [-0.2, -0.15) is 5.10 Å². The quantitative estimate of drug-likeness (QED) is 0.613. The van der Waals surface area contributed by atoms with E-state index < -0.39 is 5.97 Å². The number of hydrogen-bond donors (Lipinski definition) is 0. The van der Waals surface area contributed by atoms with Gasteiger partial charge in [-0.05, 0) is 48.0 Å². The zero-order valence-electron chi connectivity index (χ0n) is 14.2. The highest BCUT2D eigenvalue weighted by Crippen LogP contribution is 2.24. The second kappa shape index (κ2) is 7.61. The van der Waals surface area contributed by atoms with E-state index in [2.05, 4.69) is 20.6 Å². The lowest BCUT2D eigenvalue weighted by molar-refractivity contribution is 0.0455. The summed E-state index contributed by atoms with van der Waals surface area (Å²) in [4.78, 5) is 12.5. The summed E-state index contributed by atoms with van der Waals surface area (Å²) in [6.45, 7) is 4.18. The maximum absolute atomic E-state index is 13.1. The summed E-state index contributed by atoms with van der Waals surface area (Å²) in [5.74, 6) is -0.565. The van der Waals surface area contributed by atoms with Gasteiger partial charge in [0.25, 0.3) is 0 Å². The van der Waals surface area contributed by atoms with Crippen LogP contribution in [0.3, 0.4) is 0 Å².